The second-order valence-electron chi connectivity index (χ2n) is 6.37. The van der Waals surface area contributed by atoms with Crippen molar-refractivity contribution in [1.82, 2.24) is 5.32 Å². The first-order valence-corrected chi connectivity index (χ1v) is 8.95. The summed E-state index contributed by atoms with van der Waals surface area (Å²) in [5, 5.41) is 5.57. The van der Waals surface area contributed by atoms with E-state index < -0.39 is 0 Å². The summed E-state index contributed by atoms with van der Waals surface area (Å²) >= 11 is 0. The summed E-state index contributed by atoms with van der Waals surface area (Å²) in [7, 11) is 0. The number of rotatable bonds is 9. The third kappa shape index (κ3) is 5.70. The summed E-state index contributed by atoms with van der Waals surface area (Å²) in [5.74, 6) is 0.0530. The van der Waals surface area contributed by atoms with Crippen LogP contribution >= 0.6 is 0 Å². The highest BCUT2D eigenvalue weighted by atomic mass is 16.1. The fourth-order valence-corrected chi connectivity index (χ4v) is 3.06. The Morgan fingerprint density at radius 3 is 2.65 bits per heavy atom. The van der Waals surface area contributed by atoms with Gasteiger partial charge in [-0.3, -0.25) is 4.79 Å². The first-order chi connectivity index (χ1) is 11.2. The maximum atomic E-state index is 10.9. The quantitative estimate of drug-likeness (QED) is 0.646. The standard InChI is InChI=1S/C21H29NO/c1-3-4-5-6-9-18-13-14-20-11-7-10-19(21(20)16-18)12-8-15-22-17(2)23/h7,10-11,13-14,16H,3-6,8-9,12,15H2,1-2H3,(H,22,23). The van der Waals surface area contributed by atoms with Crippen LogP contribution in [0.15, 0.2) is 36.4 Å². The molecule has 0 aromatic heterocycles. The highest BCUT2D eigenvalue weighted by molar-refractivity contribution is 5.86. The lowest BCUT2D eigenvalue weighted by atomic mass is 9.97. The fraction of sp³-hybridized carbons (Fsp3) is 0.476. The zero-order valence-corrected chi connectivity index (χ0v) is 14.5. The number of carbonyl (C=O) groups excluding carboxylic acids is 1. The Morgan fingerprint density at radius 1 is 1.00 bits per heavy atom. The van der Waals surface area contributed by atoms with Crippen LogP contribution in [-0.4, -0.2) is 12.5 Å². The summed E-state index contributed by atoms with van der Waals surface area (Å²) in [4.78, 5) is 10.9. The van der Waals surface area contributed by atoms with E-state index in [2.05, 4.69) is 48.6 Å². The van der Waals surface area contributed by atoms with Crippen molar-refractivity contribution in [2.45, 2.75) is 58.8 Å². The van der Waals surface area contributed by atoms with E-state index in [1.165, 1.54) is 54.0 Å². The van der Waals surface area contributed by atoms with Gasteiger partial charge in [0.1, 0.15) is 0 Å². The molecule has 2 heteroatoms. The predicted octanol–water partition coefficient (Wildman–Crippen LogP) is 5.03. The van der Waals surface area contributed by atoms with E-state index in [0.29, 0.717) is 0 Å². The molecule has 2 aromatic carbocycles. The maximum absolute atomic E-state index is 10.9. The number of benzene rings is 2. The number of carbonyl (C=O) groups is 1. The second kappa shape index (κ2) is 9.34. The fourth-order valence-electron chi connectivity index (χ4n) is 3.06. The molecule has 0 bridgehead atoms. The molecule has 23 heavy (non-hydrogen) atoms. The van der Waals surface area contributed by atoms with Crippen molar-refractivity contribution in [2.24, 2.45) is 0 Å². The molecule has 2 nitrogen and oxygen atoms in total. The van der Waals surface area contributed by atoms with Crippen LogP contribution in [0.4, 0.5) is 0 Å². The lowest BCUT2D eigenvalue weighted by Gasteiger charge is -2.09. The molecule has 2 rings (SSSR count). The number of unbranched alkanes of at least 4 members (excludes halogenated alkanes) is 3. The smallest absolute Gasteiger partial charge is 0.216 e. The Hall–Kier alpha value is -1.83. The van der Waals surface area contributed by atoms with Crippen LogP contribution in [0.3, 0.4) is 0 Å². The number of nitrogens with one attached hydrogen (secondary N) is 1. The van der Waals surface area contributed by atoms with Gasteiger partial charge in [-0.05, 0) is 47.6 Å². The van der Waals surface area contributed by atoms with Gasteiger partial charge in [0.25, 0.3) is 0 Å². The van der Waals surface area contributed by atoms with Gasteiger partial charge in [-0.15, -0.1) is 0 Å². The maximum Gasteiger partial charge on any atom is 0.216 e. The van der Waals surface area contributed by atoms with Crippen molar-refractivity contribution >= 4 is 16.7 Å². The molecule has 0 atom stereocenters. The van der Waals surface area contributed by atoms with Crippen LogP contribution in [0.1, 0.15) is 57.1 Å². The summed E-state index contributed by atoms with van der Waals surface area (Å²) in [6, 6.07) is 13.4. The molecule has 0 spiro atoms. The van der Waals surface area contributed by atoms with Gasteiger partial charge in [0.15, 0.2) is 0 Å². The molecule has 1 N–H and O–H groups in total. The normalized spacial score (nSPS) is 10.9. The van der Waals surface area contributed by atoms with Gasteiger partial charge in [0.2, 0.25) is 5.91 Å². The van der Waals surface area contributed by atoms with E-state index in [-0.39, 0.29) is 5.91 Å². The number of amides is 1. The van der Waals surface area contributed by atoms with Gasteiger partial charge in [0.05, 0.1) is 0 Å². The van der Waals surface area contributed by atoms with Gasteiger partial charge in [0, 0.05) is 13.5 Å². The minimum Gasteiger partial charge on any atom is -0.356 e. The molecule has 124 valence electrons. The van der Waals surface area contributed by atoms with E-state index >= 15 is 0 Å². The average molecular weight is 311 g/mol. The average Bonchev–Trinajstić information content (AvgIpc) is 2.55. The van der Waals surface area contributed by atoms with Crippen molar-refractivity contribution in [3.8, 4) is 0 Å². The van der Waals surface area contributed by atoms with Crippen molar-refractivity contribution < 1.29 is 4.79 Å². The minimum atomic E-state index is 0.0530. The van der Waals surface area contributed by atoms with Crippen LogP contribution in [0, 0.1) is 0 Å². The molecular weight excluding hydrogens is 282 g/mol. The lowest BCUT2D eigenvalue weighted by Crippen LogP contribution is -2.21. The molecule has 0 aliphatic rings. The van der Waals surface area contributed by atoms with E-state index in [0.717, 1.165) is 19.4 Å². The molecule has 0 aliphatic carbocycles. The molecule has 0 unspecified atom stereocenters. The van der Waals surface area contributed by atoms with Gasteiger partial charge < -0.3 is 5.32 Å². The van der Waals surface area contributed by atoms with Gasteiger partial charge >= 0.3 is 0 Å². The Balaban J connectivity index is 2.03. The van der Waals surface area contributed by atoms with Gasteiger partial charge in [-0.1, -0.05) is 62.6 Å². The van der Waals surface area contributed by atoms with Crippen LogP contribution in [0.5, 0.6) is 0 Å². The predicted molar refractivity (Wildman–Crippen MR) is 98.8 cm³/mol. The number of fused-ring (bicyclic) bond motifs is 1. The monoisotopic (exact) mass is 311 g/mol. The Morgan fingerprint density at radius 2 is 1.87 bits per heavy atom. The summed E-state index contributed by atoms with van der Waals surface area (Å²) in [6.45, 7) is 4.58. The molecule has 0 aliphatic heterocycles. The van der Waals surface area contributed by atoms with Crippen molar-refractivity contribution in [3.63, 3.8) is 0 Å². The molecule has 0 fully saturated rings. The Kier molecular flexibility index (Phi) is 7.12. The topological polar surface area (TPSA) is 29.1 Å². The lowest BCUT2D eigenvalue weighted by molar-refractivity contribution is -0.118. The second-order valence-corrected chi connectivity index (χ2v) is 6.37. The van der Waals surface area contributed by atoms with Gasteiger partial charge in [-0.25, -0.2) is 0 Å². The molecule has 0 saturated heterocycles. The van der Waals surface area contributed by atoms with Crippen molar-refractivity contribution in [3.05, 3.63) is 47.5 Å². The van der Waals surface area contributed by atoms with E-state index in [1.807, 2.05) is 0 Å². The zero-order chi connectivity index (χ0) is 16.5. The summed E-state index contributed by atoms with van der Waals surface area (Å²) < 4.78 is 0. The molecule has 2 aromatic rings. The number of hydrogen-bond donors (Lipinski definition) is 1. The largest absolute Gasteiger partial charge is 0.356 e. The van der Waals surface area contributed by atoms with Crippen LogP contribution in [0.25, 0.3) is 10.8 Å². The Labute approximate surface area is 140 Å². The van der Waals surface area contributed by atoms with Crippen LogP contribution < -0.4 is 5.32 Å². The van der Waals surface area contributed by atoms with Crippen LogP contribution in [0.2, 0.25) is 0 Å². The van der Waals surface area contributed by atoms with Crippen LogP contribution in [-0.2, 0) is 17.6 Å². The molecule has 1 amide bonds. The first-order valence-electron chi connectivity index (χ1n) is 8.95. The zero-order valence-electron chi connectivity index (χ0n) is 14.5. The first kappa shape index (κ1) is 17.5. The molecule has 0 saturated carbocycles. The van der Waals surface area contributed by atoms with Crippen molar-refractivity contribution in [2.75, 3.05) is 6.54 Å². The summed E-state index contributed by atoms with van der Waals surface area (Å²) in [6.07, 6.45) is 8.40. The highest BCUT2D eigenvalue weighted by Crippen LogP contribution is 2.22. The molecule has 0 heterocycles. The highest BCUT2D eigenvalue weighted by Gasteiger charge is 2.03. The Bertz CT molecular complexity index is 633. The van der Waals surface area contributed by atoms with Gasteiger partial charge in [-0.2, -0.15) is 0 Å². The van der Waals surface area contributed by atoms with E-state index in [1.54, 1.807) is 6.92 Å². The third-order valence-electron chi connectivity index (χ3n) is 4.35. The van der Waals surface area contributed by atoms with Crippen molar-refractivity contribution in [1.29, 1.82) is 0 Å². The molecule has 0 radical (unpaired) electrons. The molecular formula is C21H29NO. The number of hydrogen-bond acceptors (Lipinski definition) is 1. The number of aryl methyl sites for hydroxylation is 2. The summed E-state index contributed by atoms with van der Waals surface area (Å²) in [5.41, 5.74) is 2.84. The SMILES string of the molecule is CCCCCCc1ccc2cccc(CCCNC(C)=O)c2c1. The van der Waals surface area contributed by atoms with E-state index in [9.17, 15) is 4.79 Å². The van der Waals surface area contributed by atoms with E-state index in [4.69, 9.17) is 0 Å². The third-order valence-corrected chi connectivity index (χ3v) is 4.35. The minimum absolute atomic E-state index is 0.0530.